The van der Waals surface area contributed by atoms with Crippen LogP contribution in [-0.2, 0) is 19.6 Å². The number of thiocarbonyl (C=S) groups is 1. The van der Waals surface area contributed by atoms with Gasteiger partial charge in [0.25, 0.3) is 0 Å². The summed E-state index contributed by atoms with van der Waals surface area (Å²) in [5, 5.41) is 0. The molecule has 3 N–H and O–H groups in total. The second-order valence-corrected chi connectivity index (χ2v) is 5.27. The first-order chi connectivity index (χ1) is 7.32. The van der Waals surface area contributed by atoms with Crippen molar-refractivity contribution in [3.63, 3.8) is 0 Å². The number of rotatable bonds is 7. The van der Waals surface area contributed by atoms with Crippen LogP contribution in [-0.4, -0.2) is 37.8 Å². The van der Waals surface area contributed by atoms with E-state index in [1.54, 1.807) is 13.8 Å². The van der Waals surface area contributed by atoms with Crippen molar-refractivity contribution >= 4 is 33.2 Å². The smallest absolute Gasteiger partial charge is 0.322 e. The number of nitrogens with two attached hydrogens (primary N) is 1. The summed E-state index contributed by atoms with van der Waals surface area (Å²) < 4.78 is 29.7. The molecule has 1 unspecified atom stereocenters. The summed E-state index contributed by atoms with van der Waals surface area (Å²) in [6.07, 6.45) is 0.428. The summed E-state index contributed by atoms with van der Waals surface area (Å²) in [5.74, 6) is -1.52. The van der Waals surface area contributed by atoms with Gasteiger partial charge in [-0.05, 0) is 13.3 Å². The fraction of sp³-hybridized carbons (Fsp3) is 0.750. The second-order valence-electron chi connectivity index (χ2n) is 3.05. The number of hydrogen-bond acceptors (Lipinski definition) is 5. The molecule has 0 radical (unpaired) electrons. The molecule has 94 valence electrons. The highest BCUT2D eigenvalue weighted by Crippen LogP contribution is 1.97. The molecule has 16 heavy (non-hydrogen) atoms. The van der Waals surface area contributed by atoms with E-state index in [0.29, 0.717) is 6.42 Å². The lowest BCUT2D eigenvalue weighted by molar-refractivity contribution is -0.139. The molecule has 0 spiro atoms. The Kier molecular flexibility index (Phi) is 6.46. The molecule has 0 rings (SSSR count). The monoisotopic (exact) mass is 268 g/mol. The van der Waals surface area contributed by atoms with Crippen LogP contribution >= 0.6 is 12.2 Å². The maximum atomic E-state index is 11.5. The molecule has 0 aromatic rings. The van der Waals surface area contributed by atoms with E-state index in [9.17, 15) is 13.2 Å². The third-order valence-electron chi connectivity index (χ3n) is 1.69. The molecular formula is C8H16N2O4S2. The van der Waals surface area contributed by atoms with Crippen LogP contribution in [0.2, 0.25) is 0 Å². The highest BCUT2D eigenvalue weighted by Gasteiger charge is 2.22. The minimum absolute atomic E-state index is 0.0509. The van der Waals surface area contributed by atoms with Gasteiger partial charge in [-0.3, -0.25) is 4.79 Å². The Labute approximate surface area is 101 Å². The van der Waals surface area contributed by atoms with Crippen LogP contribution in [0, 0.1) is 0 Å². The van der Waals surface area contributed by atoms with Crippen LogP contribution in [0.4, 0.5) is 0 Å². The number of carbonyl (C=O) groups excluding carboxylic acids is 1. The molecule has 8 heteroatoms. The Morgan fingerprint density at radius 3 is 2.44 bits per heavy atom. The normalized spacial score (nSPS) is 13.1. The van der Waals surface area contributed by atoms with Gasteiger partial charge in [0, 0.05) is 0 Å². The van der Waals surface area contributed by atoms with Crippen molar-refractivity contribution in [2.75, 3.05) is 12.4 Å². The largest absolute Gasteiger partial charge is 0.465 e. The lowest BCUT2D eigenvalue weighted by Crippen LogP contribution is -2.45. The molecule has 0 bridgehead atoms. The Balaban J connectivity index is 4.45. The number of ether oxygens (including phenoxy) is 1. The zero-order chi connectivity index (χ0) is 12.8. The van der Waals surface area contributed by atoms with Crippen LogP contribution in [0.25, 0.3) is 0 Å². The summed E-state index contributed by atoms with van der Waals surface area (Å²) in [6.45, 7) is 3.47. The fourth-order valence-electron chi connectivity index (χ4n) is 0.959. The average Bonchev–Trinajstić information content (AvgIpc) is 2.13. The first kappa shape index (κ1) is 15.3. The maximum Gasteiger partial charge on any atom is 0.322 e. The number of carbonyl (C=O) groups is 1. The van der Waals surface area contributed by atoms with Gasteiger partial charge in [0.15, 0.2) is 5.75 Å². The molecule has 0 aliphatic rings. The van der Waals surface area contributed by atoms with Gasteiger partial charge in [0.2, 0.25) is 10.0 Å². The Morgan fingerprint density at radius 2 is 2.06 bits per heavy atom. The highest BCUT2D eigenvalue weighted by atomic mass is 32.2. The van der Waals surface area contributed by atoms with Crippen LogP contribution in [0.1, 0.15) is 20.3 Å². The molecule has 0 amide bonds. The third kappa shape index (κ3) is 5.99. The zero-order valence-corrected chi connectivity index (χ0v) is 10.9. The summed E-state index contributed by atoms with van der Waals surface area (Å²) in [4.78, 5) is 11.0. The Bertz CT molecular complexity index is 353. The molecule has 0 aliphatic carbocycles. The van der Waals surface area contributed by atoms with Crippen LogP contribution in [0.3, 0.4) is 0 Å². The van der Waals surface area contributed by atoms with E-state index in [2.05, 4.69) is 21.7 Å². The summed E-state index contributed by atoms with van der Waals surface area (Å²) in [6, 6.07) is -0.630. The number of hydrogen-bond donors (Lipinski definition) is 2. The van der Waals surface area contributed by atoms with Crippen LogP contribution < -0.4 is 10.5 Å². The van der Waals surface area contributed by atoms with Crippen molar-refractivity contribution < 1.29 is 17.9 Å². The summed E-state index contributed by atoms with van der Waals surface area (Å²) in [5.41, 5.74) is 5.33. The van der Waals surface area contributed by atoms with Crippen LogP contribution in [0.5, 0.6) is 0 Å². The lowest BCUT2D eigenvalue weighted by Gasteiger charge is -2.14. The average molecular weight is 268 g/mol. The van der Waals surface area contributed by atoms with Gasteiger partial charge < -0.3 is 10.5 Å². The van der Waals surface area contributed by atoms with E-state index in [0.717, 1.165) is 0 Å². The highest BCUT2D eigenvalue weighted by molar-refractivity contribution is 7.90. The first-order valence-electron chi connectivity index (χ1n) is 4.77. The van der Waals surface area contributed by atoms with Crippen molar-refractivity contribution in [3.05, 3.63) is 0 Å². The first-order valence-corrected chi connectivity index (χ1v) is 6.83. The van der Waals surface area contributed by atoms with Crippen molar-refractivity contribution in [1.82, 2.24) is 4.72 Å². The molecular weight excluding hydrogens is 252 g/mol. The SMILES string of the molecule is CCOC(=O)CS(=O)(=O)NC(CC)C(N)=S. The molecule has 0 aromatic carbocycles. The van der Waals surface area contributed by atoms with Crippen LogP contribution in [0.15, 0.2) is 0 Å². The molecule has 0 saturated carbocycles. The van der Waals surface area contributed by atoms with Crippen molar-refractivity contribution in [2.24, 2.45) is 5.73 Å². The maximum absolute atomic E-state index is 11.5. The van der Waals surface area contributed by atoms with Gasteiger partial charge >= 0.3 is 5.97 Å². The van der Waals surface area contributed by atoms with Gasteiger partial charge in [0.1, 0.15) is 0 Å². The fourth-order valence-corrected chi connectivity index (χ4v) is 2.46. The number of nitrogens with one attached hydrogen (secondary N) is 1. The van der Waals surface area contributed by atoms with Crippen molar-refractivity contribution in [2.45, 2.75) is 26.3 Å². The van der Waals surface area contributed by atoms with Gasteiger partial charge in [-0.25, -0.2) is 13.1 Å². The standard InChI is InChI=1S/C8H16N2O4S2/c1-3-6(8(9)15)10-16(12,13)5-7(11)14-4-2/h6,10H,3-5H2,1-2H3,(H2,9,15). The van der Waals surface area contributed by atoms with Gasteiger partial charge in [-0.1, -0.05) is 19.1 Å². The predicted octanol–water partition coefficient (Wildman–Crippen LogP) is -0.466. The number of sulfonamides is 1. The minimum atomic E-state index is -3.75. The predicted molar refractivity (Wildman–Crippen MR) is 64.4 cm³/mol. The lowest BCUT2D eigenvalue weighted by atomic mass is 10.2. The van der Waals surface area contributed by atoms with Gasteiger partial charge in [0.05, 0.1) is 17.6 Å². The van der Waals surface area contributed by atoms with E-state index >= 15 is 0 Å². The Morgan fingerprint density at radius 1 is 1.50 bits per heavy atom. The van der Waals surface area contributed by atoms with E-state index in [1.165, 1.54) is 0 Å². The van der Waals surface area contributed by atoms with E-state index in [4.69, 9.17) is 5.73 Å². The Hall–Kier alpha value is -0.730. The topological polar surface area (TPSA) is 98.5 Å². The quantitative estimate of drug-likeness (QED) is 0.478. The molecule has 0 aliphatic heterocycles. The minimum Gasteiger partial charge on any atom is -0.465 e. The summed E-state index contributed by atoms with van der Waals surface area (Å²) in [7, 11) is -3.75. The van der Waals surface area contributed by atoms with Gasteiger partial charge in [-0.15, -0.1) is 0 Å². The van der Waals surface area contributed by atoms with E-state index in [-0.39, 0.29) is 11.6 Å². The van der Waals surface area contributed by atoms with Crippen molar-refractivity contribution in [3.8, 4) is 0 Å². The molecule has 0 heterocycles. The van der Waals surface area contributed by atoms with E-state index in [1.807, 2.05) is 0 Å². The molecule has 0 fully saturated rings. The molecule has 6 nitrogen and oxygen atoms in total. The molecule has 0 saturated heterocycles. The molecule has 1 atom stereocenters. The third-order valence-corrected chi connectivity index (χ3v) is 3.23. The zero-order valence-electron chi connectivity index (χ0n) is 9.23. The van der Waals surface area contributed by atoms with E-state index < -0.39 is 27.8 Å². The summed E-state index contributed by atoms with van der Waals surface area (Å²) >= 11 is 4.68. The molecule has 0 aromatic heterocycles. The van der Waals surface area contributed by atoms with Crippen molar-refractivity contribution in [1.29, 1.82) is 0 Å². The van der Waals surface area contributed by atoms with Gasteiger partial charge in [-0.2, -0.15) is 0 Å². The number of esters is 1. The second kappa shape index (κ2) is 6.77.